The van der Waals surface area contributed by atoms with Gasteiger partial charge in [0.1, 0.15) is 23.1 Å². The first-order valence-corrected chi connectivity index (χ1v) is 18.6. The second-order valence-corrected chi connectivity index (χ2v) is 15.2. The Bertz CT molecular complexity index is 1720. The van der Waals surface area contributed by atoms with Crippen LogP contribution in [0.3, 0.4) is 0 Å². The van der Waals surface area contributed by atoms with Crippen LogP contribution in [0.1, 0.15) is 139 Å². The van der Waals surface area contributed by atoms with Gasteiger partial charge in [-0.25, -0.2) is 14.3 Å². The van der Waals surface area contributed by atoms with Crippen LogP contribution in [0, 0.1) is 18.8 Å². The molecule has 3 aromatic heterocycles. The van der Waals surface area contributed by atoms with Crippen LogP contribution in [0.5, 0.6) is 0 Å². The number of aromatic amines is 2. The number of nitrogen functional groups attached to an aromatic ring is 1. The fourth-order valence-electron chi connectivity index (χ4n) is 6.62. The number of anilines is 1. The zero-order valence-corrected chi connectivity index (χ0v) is 31.0. The minimum atomic E-state index is -0.558. The van der Waals surface area contributed by atoms with Crippen LogP contribution in [-0.2, 0) is 19.1 Å². The average molecular weight is 709 g/mol. The van der Waals surface area contributed by atoms with Crippen molar-refractivity contribution in [1.82, 2.24) is 35.0 Å². The second-order valence-electron chi connectivity index (χ2n) is 15.2. The Morgan fingerprint density at radius 2 is 1.75 bits per heavy atom. The first-order valence-electron chi connectivity index (χ1n) is 18.6. The molecule has 0 bridgehead atoms. The van der Waals surface area contributed by atoms with Gasteiger partial charge in [-0.2, -0.15) is 5.10 Å². The number of nitrogens with zero attached hydrogens (tertiary/aromatic N) is 4. The predicted molar refractivity (Wildman–Crippen MR) is 193 cm³/mol. The quantitative estimate of drug-likeness (QED) is 0.177. The molecule has 14 heteroatoms. The molecular formula is C37H56N8O6. The van der Waals surface area contributed by atoms with Crippen LogP contribution in [-0.4, -0.2) is 72.8 Å². The number of nitrogens with one attached hydrogen (secondary N) is 3. The molecule has 0 spiro atoms. The number of aromatic nitrogens is 5. The van der Waals surface area contributed by atoms with E-state index in [9.17, 15) is 19.2 Å². The lowest BCUT2D eigenvalue weighted by atomic mass is 10.00. The average Bonchev–Trinajstić information content (AvgIpc) is 4.05. The van der Waals surface area contributed by atoms with E-state index in [4.69, 9.17) is 20.2 Å². The van der Waals surface area contributed by atoms with Crippen molar-refractivity contribution < 1.29 is 23.9 Å². The van der Waals surface area contributed by atoms with Gasteiger partial charge < -0.3 is 20.5 Å². The number of likely N-dealkylation sites (tertiary alicyclic amines) is 1. The highest BCUT2D eigenvalue weighted by atomic mass is 16.6. The van der Waals surface area contributed by atoms with Crippen LogP contribution in [0.15, 0.2) is 16.9 Å². The highest BCUT2D eigenvalue weighted by Crippen LogP contribution is 2.40. The molecule has 4 fully saturated rings. The summed E-state index contributed by atoms with van der Waals surface area (Å²) < 4.78 is 11.8. The van der Waals surface area contributed by atoms with Gasteiger partial charge in [0, 0.05) is 42.1 Å². The topological polar surface area (TPSA) is 190 Å². The van der Waals surface area contributed by atoms with Crippen molar-refractivity contribution >= 4 is 29.3 Å². The van der Waals surface area contributed by atoms with Crippen molar-refractivity contribution in [2.45, 2.75) is 129 Å². The van der Waals surface area contributed by atoms with E-state index in [2.05, 4.69) is 20.6 Å². The molecule has 1 unspecified atom stereocenters. The van der Waals surface area contributed by atoms with Gasteiger partial charge >= 0.3 is 12.1 Å². The Morgan fingerprint density at radius 1 is 1.02 bits per heavy atom. The van der Waals surface area contributed by atoms with Gasteiger partial charge in [-0.1, -0.05) is 6.42 Å². The van der Waals surface area contributed by atoms with E-state index in [1.165, 1.54) is 25.7 Å². The fourth-order valence-corrected chi connectivity index (χ4v) is 6.62. The molecule has 7 rings (SSSR count). The number of H-pyrrole nitrogens is 2. The number of hydrogen-bond acceptors (Lipinski definition) is 10. The van der Waals surface area contributed by atoms with E-state index in [1.54, 1.807) is 29.3 Å². The molecule has 1 amide bonds. The van der Waals surface area contributed by atoms with Gasteiger partial charge in [-0.15, -0.1) is 0 Å². The maximum atomic E-state index is 12.4. The molecule has 2 saturated heterocycles. The number of ketones is 1. The monoisotopic (exact) mass is 708 g/mol. The van der Waals surface area contributed by atoms with E-state index in [1.807, 2.05) is 33.8 Å². The summed E-state index contributed by atoms with van der Waals surface area (Å²) in [7, 11) is 0. The van der Waals surface area contributed by atoms with E-state index >= 15 is 0 Å². The number of nitrogens with two attached hydrogens (primary N) is 1. The van der Waals surface area contributed by atoms with Crippen molar-refractivity contribution in [3.05, 3.63) is 45.1 Å². The molecular weight excluding hydrogens is 652 g/mol. The van der Waals surface area contributed by atoms with Crippen molar-refractivity contribution in [1.29, 1.82) is 0 Å². The predicted octanol–water partition coefficient (Wildman–Crippen LogP) is 5.64. The number of ether oxygens (including phenoxy) is 2. The van der Waals surface area contributed by atoms with Crippen LogP contribution in [0.25, 0.3) is 5.65 Å². The molecule has 0 aromatic carbocycles. The van der Waals surface area contributed by atoms with Gasteiger partial charge in [-0.05, 0) is 106 Å². The maximum absolute atomic E-state index is 12.4. The van der Waals surface area contributed by atoms with E-state index in [0.29, 0.717) is 30.9 Å². The molecule has 5 heterocycles. The molecule has 51 heavy (non-hydrogen) atoms. The minimum absolute atomic E-state index is 0.0200. The summed E-state index contributed by atoms with van der Waals surface area (Å²) in [5.74, 6) is 0.216. The van der Waals surface area contributed by atoms with Crippen LogP contribution in [0.4, 0.5) is 10.6 Å². The molecule has 0 radical (unpaired) electrons. The van der Waals surface area contributed by atoms with E-state index in [-0.39, 0.29) is 35.4 Å². The summed E-state index contributed by atoms with van der Waals surface area (Å²) in [6.07, 6.45) is 10.5. The lowest BCUT2D eigenvalue weighted by molar-refractivity contribution is -0.151. The molecule has 280 valence electrons. The van der Waals surface area contributed by atoms with Crippen LogP contribution in [0.2, 0.25) is 0 Å². The number of esters is 1. The number of rotatable bonds is 7. The molecule has 5 N–H and O–H groups in total. The van der Waals surface area contributed by atoms with Gasteiger partial charge in [0.15, 0.2) is 5.65 Å². The first-order chi connectivity index (χ1) is 24.3. The molecule has 2 aliphatic heterocycles. The van der Waals surface area contributed by atoms with Crippen LogP contribution >= 0.6 is 0 Å². The van der Waals surface area contributed by atoms with E-state index < -0.39 is 11.5 Å². The number of piperidine rings is 2. The zero-order valence-electron chi connectivity index (χ0n) is 31.0. The standard InChI is InChI=1S/C15H20N4O.C13H22N4O2.C9H14O3/c1-9-14(10-5-6-10)17-13-8-12(18-19(13)15(9)20)11-4-2-3-7-16-11;1-13(2,3)19-12(18)17-7-5-4-6-10(17)9-8-11(14)16-15-9;1-3-12-9(11)6(2)8(10)7-4-5-7/h8,10-11,16,18H,2-7H2,1H3;8,10H,4-7H2,1-3H3,(H3,14,15,16);6-7H,3-5H2,1-2H3/t11-;10-;/m00./s1. The number of hydrogen-bond donors (Lipinski definition) is 4. The third-order valence-corrected chi connectivity index (χ3v) is 9.70. The lowest BCUT2D eigenvalue weighted by Crippen LogP contribution is -2.42. The summed E-state index contributed by atoms with van der Waals surface area (Å²) in [5, 5.41) is 13.6. The van der Waals surface area contributed by atoms with Gasteiger partial charge in [0.05, 0.1) is 29.7 Å². The Balaban J connectivity index is 0.000000154. The Labute approximate surface area is 299 Å². The van der Waals surface area contributed by atoms with Crippen molar-refractivity contribution in [3.8, 4) is 0 Å². The Hall–Kier alpha value is -4.20. The number of carbonyl (C=O) groups excluding carboxylic acids is 3. The third kappa shape index (κ3) is 9.99. The number of carbonyl (C=O) groups is 3. The highest BCUT2D eigenvalue weighted by Gasteiger charge is 2.36. The van der Waals surface area contributed by atoms with Gasteiger partial charge in [0.2, 0.25) is 0 Å². The first kappa shape index (κ1) is 38.0. The summed E-state index contributed by atoms with van der Waals surface area (Å²) in [5.41, 5.74) is 9.75. The van der Waals surface area contributed by atoms with Gasteiger partial charge in [0.25, 0.3) is 5.56 Å². The summed E-state index contributed by atoms with van der Waals surface area (Å²) in [4.78, 5) is 53.6. The maximum Gasteiger partial charge on any atom is 0.410 e. The second kappa shape index (κ2) is 16.4. The van der Waals surface area contributed by atoms with E-state index in [0.717, 1.165) is 73.4 Å². The molecule has 2 aliphatic carbocycles. The Morgan fingerprint density at radius 3 is 2.33 bits per heavy atom. The SMILES string of the molecule is CC(C)(C)OC(=O)N1CCCC[C@H]1c1cc(N)n[nH]1.CCOC(=O)C(C)C(=O)C1CC1.Cc1c(C2CC2)nc2cc([C@@H]3CCCCN3)[nH]n2c1=O. The molecule has 2 saturated carbocycles. The highest BCUT2D eigenvalue weighted by molar-refractivity contribution is 6.00. The largest absolute Gasteiger partial charge is 0.465 e. The van der Waals surface area contributed by atoms with Crippen molar-refractivity contribution in [2.75, 3.05) is 25.4 Å². The minimum Gasteiger partial charge on any atom is -0.465 e. The third-order valence-electron chi connectivity index (χ3n) is 9.70. The van der Waals surface area contributed by atoms with Crippen molar-refractivity contribution in [2.24, 2.45) is 11.8 Å². The van der Waals surface area contributed by atoms with Crippen LogP contribution < -0.4 is 16.6 Å². The molecule has 3 atom stereocenters. The summed E-state index contributed by atoms with van der Waals surface area (Å²) in [6.45, 7) is 13.0. The summed E-state index contributed by atoms with van der Waals surface area (Å²) in [6, 6.07) is 4.13. The smallest absolute Gasteiger partial charge is 0.410 e. The zero-order chi connectivity index (χ0) is 36.9. The lowest BCUT2D eigenvalue weighted by Gasteiger charge is -2.36. The number of fused-ring (bicyclic) bond motifs is 1. The number of amides is 1. The van der Waals surface area contributed by atoms with Crippen molar-refractivity contribution in [3.63, 3.8) is 0 Å². The van der Waals surface area contributed by atoms with Gasteiger partial charge in [-0.3, -0.25) is 29.5 Å². The summed E-state index contributed by atoms with van der Waals surface area (Å²) >= 11 is 0. The Kier molecular flexibility index (Phi) is 12.3. The molecule has 14 nitrogen and oxygen atoms in total. The molecule has 4 aliphatic rings. The normalized spacial score (nSPS) is 21.1. The number of Topliss-reactive ketones (excluding diaryl/α,β-unsaturated/α-hetero) is 1. The fraction of sp³-hybridized carbons (Fsp3) is 0.676. The molecule has 3 aromatic rings.